The van der Waals surface area contributed by atoms with Crippen molar-refractivity contribution in [1.82, 2.24) is 9.97 Å². The van der Waals surface area contributed by atoms with Crippen LogP contribution in [0.25, 0.3) is 11.0 Å². The highest BCUT2D eigenvalue weighted by atomic mass is 16.3. The number of H-pyrrole nitrogens is 1. The Morgan fingerprint density at radius 3 is 3.15 bits per heavy atom. The molecule has 2 N–H and O–H groups in total. The smallest absolute Gasteiger partial charge is 0.143 e. The first-order valence-corrected chi connectivity index (χ1v) is 3.83. The van der Waals surface area contributed by atoms with Crippen molar-refractivity contribution < 1.29 is 5.11 Å². The molecule has 64 valence electrons. The van der Waals surface area contributed by atoms with Crippen molar-refractivity contribution in [2.75, 3.05) is 0 Å². The van der Waals surface area contributed by atoms with Gasteiger partial charge in [0.15, 0.2) is 0 Å². The maximum Gasteiger partial charge on any atom is 0.143 e. The number of aromatic nitrogens is 2. The summed E-state index contributed by atoms with van der Waals surface area (Å²) in [6.45, 7) is 0. The molecule has 1 heterocycles. The van der Waals surface area contributed by atoms with Gasteiger partial charge in [0.1, 0.15) is 11.3 Å². The van der Waals surface area contributed by atoms with E-state index in [1.165, 1.54) is 6.33 Å². The van der Waals surface area contributed by atoms with Crippen LogP contribution in [0.5, 0.6) is 5.75 Å². The van der Waals surface area contributed by atoms with Crippen LogP contribution >= 0.6 is 0 Å². The van der Waals surface area contributed by atoms with Crippen LogP contribution in [0, 0.1) is 11.3 Å². The molecule has 0 aliphatic heterocycles. The van der Waals surface area contributed by atoms with E-state index in [9.17, 15) is 5.11 Å². The molecular formula is C9H7N3O. The third-order valence-corrected chi connectivity index (χ3v) is 1.85. The molecule has 2 aromatic rings. The molecule has 0 radical (unpaired) electrons. The van der Waals surface area contributed by atoms with E-state index in [2.05, 4.69) is 9.97 Å². The lowest BCUT2D eigenvalue weighted by Gasteiger charge is -1.97. The van der Waals surface area contributed by atoms with Gasteiger partial charge in [0.2, 0.25) is 0 Å². The number of hydrogen-bond acceptors (Lipinski definition) is 3. The van der Waals surface area contributed by atoms with Gasteiger partial charge in [-0.1, -0.05) is 0 Å². The number of phenols is 1. The molecule has 0 aliphatic carbocycles. The first-order valence-electron chi connectivity index (χ1n) is 3.83. The first kappa shape index (κ1) is 7.62. The molecular weight excluding hydrogens is 166 g/mol. The second-order valence-corrected chi connectivity index (χ2v) is 2.75. The SMILES string of the molecule is N#CCc1cc(O)c2nc[nH]c2c1. The van der Waals surface area contributed by atoms with Crippen molar-refractivity contribution in [1.29, 1.82) is 5.26 Å². The standard InChI is InChI=1S/C9H7N3O/c10-2-1-6-3-7-9(8(13)4-6)12-5-11-7/h3-5,13H,1H2,(H,11,12). The lowest BCUT2D eigenvalue weighted by molar-refractivity contribution is 0.480. The molecule has 1 aromatic heterocycles. The molecule has 0 saturated carbocycles. The van der Waals surface area contributed by atoms with Crippen LogP contribution in [0.15, 0.2) is 18.5 Å². The third kappa shape index (κ3) is 1.20. The molecule has 0 bridgehead atoms. The molecule has 0 amide bonds. The summed E-state index contributed by atoms with van der Waals surface area (Å²) >= 11 is 0. The molecule has 0 atom stereocenters. The Morgan fingerprint density at radius 1 is 1.54 bits per heavy atom. The maximum absolute atomic E-state index is 9.48. The van der Waals surface area contributed by atoms with Gasteiger partial charge >= 0.3 is 0 Å². The van der Waals surface area contributed by atoms with E-state index in [4.69, 9.17) is 5.26 Å². The Kier molecular flexibility index (Phi) is 1.64. The fraction of sp³-hybridized carbons (Fsp3) is 0.111. The van der Waals surface area contributed by atoms with Crippen molar-refractivity contribution in [3.63, 3.8) is 0 Å². The minimum absolute atomic E-state index is 0.115. The fourth-order valence-corrected chi connectivity index (χ4v) is 1.28. The summed E-state index contributed by atoms with van der Waals surface area (Å²) in [5.74, 6) is 0.115. The van der Waals surface area contributed by atoms with Gasteiger partial charge in [0.25, 0.3) is 0 Å². The highest BCUT2D eigenvalue weighted by molar-refractivity contribution is 5.81. The number of rotatable bonds is 1. The highest BCUT2D eigenvalue weighted by Crippen LogP contribution is 2.23. The van der Waals surface area contributed by atoms with E-state index in [0.29, 0.717) is 11.9 Å². The Balaban J connectivity index is 2.64. The summed E-state index contributed by atoms with van der Waals surface area (Å²) in [5.41, 5.74) is 2.09. The molecule has 0 unspecified atom stereocenters. The van der Waals surface area contributed by atoms with Gasteiger partial charge in [-0.25, -0.2) is 4.98 Å². The quantitative estimate of drug-likeness (QED) is 0.683. The number of nitriles is 1. The number of benzene rings is 1. The summed E-state index contributed by atoms with van der Waals surface area (Å²) in [6, 6.07) is 5.40. The van der Waals surface area contributed by atoms with Gasteiger partial charge < -0.3 is 10.1 Å². The van der Waals surface area contributed by atoms with Crippen molar-refractivity contribution in [2.45, 2.75) is 6.42 Å². The topological polar surface area (TPSA) is 72.7 Å². The number of phenolic OH excluding ortho intramolecular Hbond substituents is 1. The normalized spacial score (nSPS) is 10.1. The number of nitrogens with zero attached hydrogens (tertiary/aromatic N) is 2. The monoisotopic (exact) mass is 173 g/mol. The fourth-order valence-electron chi connectivity index (χ4n) is 1.28. The van der Waals surface area contributed by atoms with Gasteiger partial charge in [-0.15, -0.1) is 0 Å². The van der Waals surface area contributed by atoms with Crippen LogP contribution in [-0.4, -0.2) is 15.1 Å². The molecule has 0 spiro atoms. The van der Waals surface area contributed by atoms with Crippen LogP contribution in [-0.2, 0) is 6.42 Å². The second kappa shape index (κ2) is 2.79. The van der Waals surface area contributed by atoms with E-state index >= 15 is 0 Å². The Morgan fingerprint density at radius 2 is 2.38 bits per heavy atom. The Bertz CT molecular complexity index is 481. The van der Waals surface area contributed by atoms with Crippen molar-refractivity contribution >= 4 is 11.0 Å². The summed E-state index contributed by atoms with van der Waals surface area (Å²) in [4.78, 5) is 6.81. The van der Waals surface area contributed by atoms with Crippen LogP contribution in [0.3, 0.4) is 0 Å². The zero-order valence-electron chi connectivity index (χ0n) is 6.78. The van der Waals surface area contributed by atoms with E-state index in [1.807, 2.05) is 12.1 Å². The molecule has 4 heteroatoms. The summed E-state index contributed by atoms with van der Waals surface area (Å²) < 4.78 is 0. The van der Waals surface area contributed by atoms with Crippen LogP contribution < -0.4 is 0 Å². The molecule has 4 nitrogen and oxygen atoms in total. The average Bonchev–Trinajstić information content (AvgIpc) is 2.53. The van der Waals surface area contributed by atoms with Crippen molar-refractivity contribution in [2.24, 2.45) is 0 Å². The largest absolute Gasteiger partial charge is 0.506 e. The lowest BCUT2D eigenvalue weighted by Crippen LogP contribution is -1.82. The van der Waals surface area contributed by atoms with Crippen molar-refractivity contribution in [3.8, 4) is 11.8 Å². The predicted octanol–water partition coefficient (Wildman–Crippen LogP) is 1.33. The Labute approximate surface area is 74.5 Å². The summed E-state index contributed by atoms with van der Waals surface area (Å²) in [5, 5.41) is 18.0. The van der Waals surface area contributed by atoms with Gasteiger partial charge in [-0.3, -0.25) is 0 Å². The maximum atomic E-state index is 9.48. The molecule has 0 aliphatic rings. The predicted molar refractivity (Wildman–Crippen MR) is 47.1 cm³/mol. The first-order chi connectivity index (χ1) is 6.31. The second-order valence-electron chi connectivity index (χ2n) is 2.75. The van der Waals surface area contributed by atoms with E-state index in [1.54, 1.807) is 6.07 Å². The summed E-state index contributed by atoms with van der Waals surface area (Å²) in [7, 11) is 0. The van der Waals surface area contributed by atoms with E-state index in [-0.39, 0.29) is 5.75 Å². The molecule has 2 rings (SSSR count). The van der Waals surface area contributed by atoms with Crippen LogP contribution in [0.4, 0.5) is 0 Å². The number of aromatic hydroxyl groups is 1. The third-order valence-electron chi connectivity index (χ3n) is 1.85. The van der Waals surface area contributed by atoms with Gasteiger partial charge in [-0.2, -0.15) is 5.26 Å². The summed E-state index contributed by atoms with van der Waals surface area (Å²) in [6.07, 6.45) is 1.81. The molecule has 0 saturated heterocycles. The Hall–Kier alpha value is -2.02. The molecule has 0 fully saturated rings. The number of fused-ring (bicyclic) bond motifs is 1. The average molecular weight is 173 g/mol. The highest BCUT2D eigenvalue weighted by Gasteiger charge is 2.04. The minimum atomic E-state index is 0.115. The number of hydrogen-bond donors (Lipinski definition) is 2. The van der Waals surface area contributed by atoms with Gasteiger partial charge in [0, 0.05) is 0 Å². The number of aromatic amines is 1. The lowest BCUT2D eigenvalue weighted by atomic mass is 10.1. The van der Waals surface area contributed by atoms with Gasteiger partial charge in [0.05, 0.1) is 24.3 Å². The zero-order valence-corrected chi connectivity index (χ0v) is 6.78. The van der Waals surface area contributed by atoms with Gasteiger partial charge in [-0.05, 0) is 17.7 Å². The van der Waals surface area contributed by atoms with E-state index < -0.39 is 0 Å². The molecule has 1 aromatic carbocycles. The number of nitrogens with one attached hydrogen (secondary N) is 1. The van der Waals surface area contributed by atoms with Crippen LogP contribution in [0.2, 0.25) is 0 Å². The zero-order chi connectivity index (χ0) is 9.26. The van der Waals surface area contributed by atoms with Crippen LogP contribution in [0.1, 0.15) is 5.56 Å². The molecule has 13 heavy (non-hydrogen) atoms. The van der Waals surface area contributed by atoms with Crippen molar-refractivity contribution in [3.05, 3.63) is 24.0 Å². The number of imidazole rings is 1. The minimum Gasteiger partial charge on any atom is -0.506 e. The van der Waals surface area contributed by atoms with E-state index in [0.717, 1.165) is 11.1 Å².